The second kappa shape index (κ2) is 16.7. The first-order chi connectivity index (χ1) is 19.1. The second-order valence-electron chi connectivity index (χ2n) is 9.15. The molecule has 206 valence electrons. The lowest BCUT2D eigenvalue weighted by Gasteiger charge is -2.09. The summed E-state index contributed by atoms with van der Waals surface area (Å²) in [6, 6.07) is 22.4. The van der Waals surface area contributed by atoms with Gasteiger partial charge in [0.05, 0.1) is 25.4 Å². The molecule has 0 saturated heterocycles. The molecule has 0 heterocycles. The molecular formula is C33H38O6. The van der Waals surface area contributed by atoms with Gasteiger partial charge in [-0.15, -0.1) is 0 Å². The van der Waals surface area contributed by atoms with Crippen LogP contribution in [0.3, 0.4) is 0 Å². The van der Waals surface area contributed by atoms with Gasteiger partial charge in [0.15, 0.2) is 0 Å². The number of ether oxygens (including phenoxy) is 4. The molecular weight excluding hydrogens is 492 g/mol. The van der Waals surface area contributed by atoms with Crippen LogP contribution in [-0.2, 0) is 9.53 Å². The highest BCUT2D eigenvalue weighted by Crippen LogP contribution is 2.25. The first-order valence-electron chi connectivity index (χ1n) is 13.7. The van der Waals surface area contributed by atoms with Crippen molar-refractivity contribution in [1.82, 2.24) is 0 Å². The molecule has 0 radical (unpaired) electrons. The first-order valence-corrected chi connectivity index (χ1v) is 13.7. The molecule has 39 heavy (non-hydrogen) atoms. The van der Waals surface area contributed by atoms with E-state index < -0.39 is 5.97 Å². The summed E-state index contributed by atoms with van der Waals surface area (Å²) < 4.78 is 22.0. The Balaban J connectivity index is 1.38. The average Bonchev–Trinajstić information content (AvgIpc) is 2.97. The molecule has 3 aromatic rings. The molecule has 0 bridgehead atoms. The van der Waals surface area contributed by atoms with Gasteiger partial charge < -0.3 is 18.9 Å². The zero-order chi connectivity index (χ0) is 27.7. The van der Waals surface area contributed by atoms with Crippen LogP contribution in [0.25, 0.3) is 11.1 Å². The number of esters is 2. The van der Waals surface area contributed by atoms with Crippen molar-refractivity contribution in [3.8, 4) is 28.4 Å². The first kappa shape index (κ1) is 29.5. The molecule has 6 heteroatoms. The number of hydrogen-bond acceptors (Lipinski definition) is 6. The maximum absolute atomic E-state index is 12.6. The van der Waals surface area contributed by atoms with Crippen molar-refractivity contribution in [2.45, 2.75) is 51.9 Å². The zero-order valence-electron chi connectivity index (χ0n) is 22.7. The van der Waals surface area contributed by atoms with E-state index in [0.29, 0.717) is 30.3 Å². The van der Waals surface area contributed by atoms with Crippen LogP contribution in [-0.4, -0.2) is 31.8 Å². The van der Waals surface area contributed by atoms with E-state index in [1.54, 1.807) is 36.4 Å². The van der Waals surface area contributed by atoms with Crippen LogP contribution in [0.5, 0.6) is 17.2 Å². The molecule has 0 fully saturated rings. The molecule has 3 rings (SSSR count). The molecule has 0 amide bonds. The van der Waals surface area contributed by atoms with Gasteiger partial charge in [-0.05, 0) is 91.8 Å². The Morgan fingerprint density at radius 2 is 1.13 bits per heavy atom. The third kappa shape index (κ3) is 10.7. The van der Waals surface area contributed by atoms with Crippen LogP contribution < -0.4 is 14.2 Å². The topological polar surface area (TPSA) is 71.1 Å². The van der Waals surface area contributed by atoms with E-state index in [2.05, 4.69) is 13.5 Å². The molecule has 0 atom stereocenters. The quantitative estimate of drug-likeness (QED) is 0.0767. The number of carbonyl (C=O) groups is 2. The monoisotopic (exact) mass is 530 g/mol. The predicted molar refractivity (Wildman–Crippen MR) is 153 cm³/mol. The van der Waals surface area contributed by atoms with Crippen molar-refractivity contribution < 1.29 is 28.5 Å². The van der Waals surface area contributed by atoms with Gasteiger partial charge in [-0.2, -0.15) is 0 Å². The van der Waals surface area contributed by atoms with Crippen LogP contribution in [0, 0.1) is 0 Å². The molecule has 0 aliphatic heterocycles. The van der Waals surface area contributed by atoms with E-state index >= 15 is 0 Å². The summed E-state index contributed by atoms with van der Waals surface area (Å²) in [6.07, 6.45) is 8.24. The third-order valence-corrected chi connectivity index (χ3v) is 6.08. The van der Waals surface area contributed by atoms with Crippen molar-refractivity contribution in [2.75, 3.05) is 19.8 Å². The Morgan fingerprint density at radius 3 is 1.67 bits per heavy atom. The van der Waals surface area contributed by atoms with Crippen LogP contribution >= 0.6 is 0 Å². The molecule has 0 aliphatic carbocycles. The molecule has 0 unspecified atom stereocenters. The van der Waals surface area contributed by atoms with E-state index in [4.69, 9.17) is 18.9 Å². The van der Waals surface area contributed by atoms with Crippen LogP contribution in [0.4, 0.5) is 0 Å². The third-order valence-electron chi connectivity index (χ3n) is 6.08. The number of benzene rings is 3. The van der Waals surface area contributed by atoms with Gasteiger partial charge in [-0.1, -0.05) is 50.6 Å². The number of hydrogen-bond donors (Lipinski definition) is 0. The smallest absolute Gasteiger partial charge is 0.343 e. The van der Waals surface area contributed by atoms with Gasteiger partial charge in [-0.25, -0.2) is 9.59 Å². The standard InChI is InChI=1S/C33H38O6/c1-3-5-8-23-36-29-17-11-26(12-18-29)27-13-21-31(22-14-27)39-33(35)28-15-19-30(20-16-28)37-24-9-6-7-10-25-38-32(34)4-2/h4,11-22H,2-3,5-10,23-25H2,1H3. The van der Waals surface area contributed by atoms with Gasteiger partial charge in [0.25, 0.3) is 0 Å². The largest absolute Gasteiger partial charge is 0.494 e. The van der Waals surface area contributed by atoms with Crippen LogP contribution in [0.1, 0.15) is 62.2 Å². The Labute approximate surface area is 231 Å². The normalized spacial score (nSPS) is 10.5. The van der Waals surface area contributed by atoms with Crippen LogP contribution in [0.15, 0.2) is 85.5 Å². The van der Waals surface area contributed by atoms with E-state index in [1.807, 2.05) is 36.4 Å². The lowest BCUT2D eigenvalue weighted by molar-refractivity contribution is -0.137. The zero-order valence-corrected chi connectivity index (χ0v) is 22.7. The molecule has 0 saturated carbocycles. The van der Waals surface area contributed by atoms with Gasteiger partial charge in [-0.3, -0.25) is 0 Å². The predicted octanol–water partition coefficient (Wildman–Crippen LogP) is 7.81. The van der Waals surface area contributed by atoms with E-state index in [-0.39, 0.29) is 5.97 Å². The Hall–Kier alpha value is -4.06. The molecule has 0 spiro atoms. The van der Waals surface area contributed by atoms with Crippen molar-refractivity contribution >= 4 is 11.9 Å². The Kier molecular flexibility index (Phi) is 12.6. The average molecular weight is 531 g/mol. The minimum atomic E-state index is -0.420. The SMILES string of the molecule is C=CC(=O)OCCCCCCOc1ccc(C(=O)Oc2ccc(-c3ccc(OCCCCC)cc3)cc2)cc1. The fourth-order valence-corrected chi connectivity index (χ4v) is 3.83. The summed E-state index contributed by atoms with van der Waals surface area (Å²) in [6.45, 7) is 7.28. The lowest BCUT2D eigenvalue weighted by atomic mass is 10.1. The molecule has 3 aromatic carbocycles. The second-order valence-corrected chi connectivity index (χ2v) is 9.15. The summed E-state index contributed by atoms with van der Waals surface area (Å²) in [4.78, 5) is 23.6. The minimum absolute atomic E-state index is 0.385. The summed E-state index contributed by atoms with van der Waals surface area (Å²) in [5, 5.41) is 0. The number of rotatable bonds is 17. The van der Waals surface area contributed by atoms with Crippen LogP contribution in [0.2, 0.25) is 0 Å². The Bertz CT molecular complexity index is 1150. The maximum atomic E-state index is 12.6. The highest BCUT2D eigenvalue weighted by Gasteiger charge is 2.09. The summed E-state index contributed by atoms with van der Waals surface area (Å²) >= 11 is 0. The minimum Gasteiger partial charge on any atom is -0.494 e. The lowest BCUT2D eigenvalue weighted by Crippen LogP contribution is -2.08. The summed E-state index contributed by atoms with van der Waals surface area (Å²) in [5.41, 5.74) is 2.55. The van der Waals surface area contributed by atoms with E-state index in [1.165, 1.54) is 18.9 Å². The highest BCUT2D eigenvalue weighted by molar-refractivity contribution is 5.91. The summed E-state index contributed by atoms with van der Waals surface area (Å²) in [7, 11) is 0. The van der Waals surface area contributed by atoms with Crippen molar-refractivity contribution in [3.63, 3.8) is 0 Å². The molecule has 6 nitrogen and oxygen atoms in total. The molecule has 0 aromatic heterocycles. The molecule has 0 N–H and O–H groups in total. The number of carbonyl (C=O) groups excluding carboxylic acids is 2. The van der Waals surface area contributed by atoms with Gasteiger partial charge in [0.2, 0.25) is 0 Å². The van der Waals surface area contributed by atoms with E-state index in [0.717, 1.165) is 55.6 Å². The Morgan fingerprint density at radius 1 is 0.641 bits per heavy atom. The fraction of sp³-hybridized carbons (Fsp3) is 0.333. The van der Waals surface area contributed by atoms with Gasteiger partial charge in [0, 0.05) is 6.08 Å². The van der Waals surface area contributed by atoms with Gasteiger partial charge >= 0.3 is 11.9 Å². The fourth-order valence-electron chi connectivity index (χ4n) is 3.83. The number of unbranched alkanes of at least 4 members (excludes halogenated alkanes) is 5. The highest BCUT2D eigenvalue weighted by atomic mass is 16.5. The van der Waals surface area contributed by atoms with E-state index in [9.17, 15) is 9.59 Å². The maximum Gasteiger partial charge on any atom is 0.343 e. The van der Waals surface area contributed by atoms with Crippen molar-refractivity contribution in [1.29, 1.82) is 0 Å². The summed E-state index contributed by atoms with van der Waals surface area (Å²) in [5.74, 6) is 1.26. The molecule has 0 aliphatic rings. The van der Waals surface area contributed by atoms with Gasteiger partial charge in [0.1, 0.15) is 17.2 Å². The van der Waals surface area contributed by atoms with Crippen molar-refractivity contribution in [3.05, 3.63) is 91.0 Å². The van der Waals surface area contributed by atoms with Crippen molar-refractivity contribution in [2.24, 2.45) is 0 Å².